The monoisotopic (exact) mass is 367 g/mol. The van der Waals surface area contributed by atoms with E-state index in [1.54, 1.807) is 18.9 Å². The summed E-state index contributed by atoms with van der Waals surface area (Å²) in [5.74, 6) is -1.44. The third kappa shape index (κ3) is 4.61. The molecule has 0 bridgehead atoms. The fourth-order valence-electron chi connectivity index (χ4n) is 2.48. The molecule has 0 N–H and O–H groups in total. The van der Waals surface area contributed by atoms with Crippen molar-refractivity contribution in [2.45, 2.75) is 20.8 Å². The lowest BCUT2D eigenvalue weighted by Crippen LogP contribution is -2.36. The van der Waals surface area contributed by atoms with Crippen molar-refractivity contribution in [1.82, 2.24) is 14.8 Å². The average Bonchev–Trinajstić information content (AvgIpc) is 2.96. The highest BCUT2D eigenvalue weighted by Crippen LogP contribution is 2.30. The molecule has 0 radical (unpaired) electrons. The lowest BCUT2D eigenvalue weighted by Gasteiger charge is -2.22. The molecule has 0 spiro atoms. The number of aromatic nitrogens is 1. The van der Waals surface area contributed by atoms with E-state index in [1.165, 1.54) is 12.1 Å². The van der Waals surface area contributed by atoms with Crippen LogP contribution in [0.3, 0.4) is 0 Å². The number of carbonyl (C=O) groups excluding carboxylic acids is 1. The Hall–Kier alpha value is -1.86. The maximum atomic E-state index is 14.0. The third-order valence-corrected chi connectivity index (χ3v) is 5.32. The molecular formula is C18H23F2N3OS. The van der Waals surface area contributed by atoms with Crippen LogP contribution in [0.15, 0.2) is 18.2 Å². The lowest BCUT2D eigenvalue weighted by molar-refractivity contribution is 0.0783. The Morgan fingerprint density at radius 2 is 1.88 bits per heavy atom. The molecule has 0 unspecified atom stereocenters. The highest BCUT2D eigenvalue weighted by atomic mass is 32.1. The van der Waals surface area contributed by atoms with E-state index in [9.17, 15) is 13.6 Å². The van der Waals surface area contributed by atoms with Gasteiger partial charge < -0.3 is 9.80 Å². The number of carbonyl (C=O) groups is 1. The van der Waals surface area contributed by atoms with Crippen LogP contribution in [0.25, 0.3) is 10.6 Å². The van der Waals surface area contributed by atoms with Gasteiger partial charge in [-0.3, -0.25) is 4.79 Å². The van der Waals surface area contributed by atoms with Gasteiger partial charge in [-0.2, -0.15) is 0 Å². The highest BCUT2D eigenvalue weighted by molar-refractivity contribution is 7.17. The molecule has 0 fully saturated rings. The van der Waals surface area contributed by atoms with Gasteiger partial charge in [-0.1, -0.05) is 13.8 Å². The van der Waals surface area contributed by atoms with Crippen molar-refractivity contribution in [3.63, 3.8) is 0 Å². The summed E-state index contributed by atoms with van der Waals surface area (Å²) in [6.45, 7) is 9.18. The number of benzene rings is 1. The molecule has 2 rings (SSSR count). The predicted molar refractivity (Wildman–Crippen MR) is 97.0 cm³/mol. The van der Waals surface area contributed by atoms with Gasteiger partial charge in [0.05, 0.1) is 5.69 Å². The van der Waals surface area contributed by atoms with Gasteiger partial charge in [-0.15, -0.1) is 11.3 Å². The second kappa shape index (κ2) is 8.49. The van der Waals surface area contributed by atoms with E-state index in [-0.39, 0.29) is 11.5 Å². The van der Waals surface area contributed by atoms with Crippen LogP contribution < -0.4 is 0 Å². The molecule has 0 aliphatic rings. The molecule has 0 aliphatic carbocycles. The van der Waals surface area contributed by atoms with Gasteiger partial charge in [0.25, 0.3) is 5.91 Å². The quantitative estimate of drug-likeness (QED) is 0.747. The van der Waals surface area contributed by atoms with E-state index in [0.717, 1.165) is 37.0 Å². The lowest BCUT2D eigenvalue weighted by atomic mass is 10.2. The van der Waals surface area contributed by atoms with Gasteiger partial charge in [0.15, 0.2) is 0 Å². The van der Waals surface area contributed by atoms with E-state index in [1.807, 2.05) is 0 Å². The Kier molecular flexibility index (Phi) is 6.61. The normalized spacial score (nSPS) is 11.2. The summed E-state index contributed by atoms with van der Waals surface area (Å²) in [6.07, 6.45) is 0. The first-order valence-electron chi connectivity index (χ1n) is 8.28. The first-order valence-corrected chi connectivity index (χ1v) is 9.09. The first kappa shape index (κ1) is 19.5. The number of hydrogen-bond acceptors (Lipinski definition) is 4. The van der Waals surface area contributed by atoms with Gasteiger partial charge >= 0.3 is 0 Å². The van der Waals surface area contributed by atoms with Crippen LogP contribution in [0.5, 0.6) is 0 Å². The van der Waals surface area contributed by atoms with Crippen molar-refractivity contribution in [1.29, 1.82) is 0 Å². The number of rotatable bonds is 7. The zero-order valence-corrected chi connectivity index (χ0v) is 15.8. The minimum absolute atomic E-state index is 0.129. The number of aryl methyl sites for hydroxylation is 1. The molecule has 136 valence electrons. The second-order valence-electron chi connectivity index (χ2n) is 5.81. The molecule has 25 heavy (non-hydrogen) atoms. The summed E-state index contributed by atoms with van der Waals surface area (Å²) in [5.41, 5.74) is 0.766. The van der Waals surface area contributed by atoms with Crippen molar-refractivity contribution < 1.29 is 13.6 Å². The SMILES string of the molecule is CCN(CC)CCN(C)C(=O)c1sc(-c2ccc(F)cc2F)nc1C. The Labute approximate surface area is 151 Å². The molecule has 4 nitrogen and oxygen atoms in total. The number of thiazole rings is 1. The zero-order valence-electron chi connectivity index (χ0n) is 15.0. The molecule has 0 saturated heterocycles. The summed E-state index contributed by atoms with van der Waals surface area (Å²) < 4.78 is 27.0. The van der Waals surface area contributed by atoms with Crippen LogP contribution in [0.4, 0.5) is 8.78 Å². The molecule has 0 atom stereocenters. The molecule has 2 aromatic rings. The van der Waals surface area contributed by atoms with Gasteiger partial charge in [0.1, 0.15) is 21.5 Å². The molecule has 1 aromatic heterocycles. The van der Waals surface area contributed by atoms with Crippen LogP contribution in [0.2, 0.25) is 0 Å². The van der Waals surface area contributed by atoms with Crippen LogP contribution in [0.1, 0.15) is 29.2 Å². The minimum atomic E-state index is -0.678. The van der Waals surface area contributed by atoms with Crippen molar-refractivity contribution in [2.24, 2.45) is 0 Å². The first-order chi connectivity index (χ1) is 11.9. The van der Waals surface area contributed by atoms with E-state index >= 15 is 0 Å². The molecule has 1 heterocycles. The summed E-state index contributed by atoms with van der Waals surface area (Å²) in [5, 5.41) is 0.385. The summed E-state index contributed by atoms with van der Waals surface area (Å²) in [7, 11) is 1.75. The molecule has 0 saturated carbocycles. The van der Waals surface area contributed by atoms with Gasteiger partial charge in [-0.25, -0.2) is 13.8 Å². The summed E-state index contributed by atoms with van der Waals surface area (Å²) >= 11 is 1.14. The molecule has 7 heteroatoms. The van der Waals surface area contributed by atoms with E-state index in [2.05, 4.69) is 23.7 Å². The van der Waals surface area contributed by atoms with Crippen LogP contribution in [0, 0.1) is 18.6 Å². The van der Waals surface area contributed by atoms with Crippen molar-refractivity contribution in [3.8, 4) is 10.6 Å². The highest BCUT2D eigenvalue weighted by Gasteiger charge is 2.21. The molecule has 1 aromatic carbocycles. The maximum absolute atomic E-state index is 14.0. The van der Waals surface area contributed by atoms with Gasteiger partial charge in [0, 0.05) is 31.8 Å². The fourth-order valence-corrected chi connectivity index (χ4v) is 3.57. The summed E-state index contributed by atoms with van der Waals surface area (Å²) in [6, 6.07) is 3.36. The van der Waals surface area contributed by atoms with Crippen LogP contribution >= 0.6 is 11.3 Å². The fraction of sp³-hybridized carbons (Fsp3) is 0.444. The average molecular weight is 367 g/mol. The largest absolute Gasteiger partial charge is 0.340 e. The number of hydrogen-bond donors (Lipinski definition) is 0. The van der Waals surface area contributed by atoms with Crippen molar-refractivity contribution >= 4 is 17.2 Å². The Morgan fingerprint density at radius 1 is 1.20 bits per heavy atom. The standard InChI is InChI=1S/C18H23F2N3OS/c1-5-23(6-2)10-9-22(4)18(24)16-12(3)21-17(25-16)14-8-7-13(19)11-15(14)20/h7-8,11H,5-6,9-10H2,1-4H3. The van der Waals surface area contributed by atoms with Gasteiger partial charge in [-0.05, 0) is 32.1 Å². The third-order valence-electron chi connectivity index (χ3n) is 4.15. The number of nitrogens with zero attached hydrogens (tertiary/aromatic N) is 3. The second-order valence-corrected chi connectivity index (χ2v) is 6.81. The Balaban J connectivity index is 2.17. The number of likely N-dealkylation sites (N-methyl/N-ethyl adjacent to an activating group) is 2. The van der Waals surface area contributed by atoms with Crippen molar-refractivity contribution in [3.05, 3.63) is 40.4 Å². The Morgan fingerprint density at radius 3 is 2.48 bits per heavy atom. The maximum Gasteiger partial charge on any atom is 0.265 e. The zero-order chi connectivity index (χ0) is 18.6. The van der Waals surface area contributed by atoms with E-state index < -0.39 is 11.6 Å². The van der Waals surface area contributed by atoms with E-state index in [4.69, 9.17) is 0 Å². The van der Waals surface area contributed by atoms with Crippen molar-refractivity contribution in [2.75, 3.05) is 33.2 Å². The Bertz CT molecular complexity index is 744. The van der Waals surface area contributed by atoms with Crippen LogP contribution in [-0.4, -0.2) is 53.9 Å². The summed E-state index contributed by atoms with van der Waals surface area (Å²) in [4.78, 5) is 21.3. The smallest absolute Gasteiger partial charge is 0.265 e. The minimum Gasteiger partial charge on any atom is -0.340 e. The van der Waals surface area contributed by atoms with E-state index in [0.29, 0.717) is 22.1 Å². The number of halogens is 2. The molecule has 0 aliphatic heterocycles. The van der Waals surface area contributed by atoms with Gasteiger partial charge in [0.2, 0.25) is 0 Å². The van der Waals surface area contributed by atoms with Crippen LogP contribution in [-0.2, 0) is 0 Å². The topological polar surface area (TPSA) is 36.4 Å². The molecular weight excluding hydrogens is 344 g/mol. The molecule has 1 amide bonds. The predicted octanol–water partition coefficient (Wildman–Crippen LogP) is 3.81. The number of amides is 1.